The second kappa shape index (κ2) is 17.1. The molecule has 0 heterocycles. The molecule has 3 nitrogen and oxygen atoms in total. The molecule has 2 unspecified atom stereocenters. The van der Waals surface area contributed by atoms with Gasteiger partial charge in [0.1, 0.15) is 0 Å². The molecule has 0 saturated heterocycles. The van der Waals surface area contributed by atoms with Crippen LogP contribution in [0.3, 0.4) is 0 Å². The Labute approximate surface area is 205 Å². The van der Waals surface area contributed by atoms with E-state index in [1.54, 1.807) is 0 Å². The fraction of sp³-hybridized carbons (Fsp3) is 0.800. The summed E-state index contributed by atoms with van der Waals surface area (Å²) in [4.78, 5) is 25.5. The van der Waals surface area contributed by atoms with Crippen LogP contribution >= 0.6 is 0 Å². The van der Waals surface area contributed by atoms with Crippen LogP contribution in [0, 0.1) is 22.7 Å². The molecule has 2 atom stereocenters. The Morgan fingerprint density at radius 3 is 1.27 bits per heavy atom. The van der Waals surface area contributed by atoms with Crippen molar-refractivity contribution in [2.75, 3.05) is 0 Å². The van der Waals surface area contributed by atoms with Crippen LogP contribution in [0.1, 0.15) is 131 Å². The van der Waals surface area contributed by atoms with Crippen molar-refractivity contribution < 1.29 is 14.3 Å². The Kier molecular flexibility index (Phi) is 16.4. The zero-order chi connectivity index (χ0) is 25.3. The molecule has 0 spiro atoms. The first-order valence-electron chi connectivity index (χ1n) is 13.5. The van der Waals surface area contributed by atoms with Crippen molar-refractivity contribution in [3.05, 3.63) is 25.3 Å². The number of carbonyl (C=O) groups excluding carboxylic acids is 2. The van der Waals surface area contributed by atoms with Gasteiger partial charge in [-0.15, -0.1) is 13.2 Å². The van der Waals surface area contributed by atoms with E-state index < -0.39 is 0 Å². The molecule has 0 aromatic heterocycles. The summed E-state index contributed by atoms with van der Waals surface area (Å²) in [5.41, 5.74) is -0.355. The molecule has 0 amide bonds. The minimum Gasteiger partial charge on any atom is -0.393 e. The molecule has 0 N–H and O–H groups in total. The first kappa shape index (κ1) is 31.6. The fourth-order valence-corrected chi connectivity index (χ4v) is 4.15. The fourth-order valence-electron chi connectivity index (χ4n) is 4.15. The Bertz CT molecular complexity index is 523. The summed E-state index contributed by atoms with van der Waals surface area (Å²) in [6, 6.07) is 0. The number of unbranched alkanes of at least 4 members (excludes halogenated alkanes) is 10. The highest BCUT2D eigenvalue weighted by Gasteiger charge is 2.37. The molecule has 0 fully saturated rings. The second-order valence-corrected chi connectivity index (χ2v) is 11.4. The third-order valence-corrected chi connectivity index (χ3v) is 7.71. The van der Waals surface area contributed by atoms with Crippen LogP contribution in [0.5, 0.6) is 0 Å². The largest absolute Gasteiger partial charge is 0.393 e. The highest BCUT2D eigenvalue weighted by atomic mass is 16.6. The van der Waals surface area contributed by atoms with Crippen LogP contribution in [-0.2, 0) is 14.3 Å². The minimum absolute atomic E-state index is 0.178. The van der Waals surface area contributed by atoms with Gasteiger partial charge < -0.3 is 4.74 Å². The Hall–Kier alpha value is -1.38. The van der Waals surface area contributed by atoms with Crippen molar-refractivity contribution in [3.8, 4) is 0 Å². The van der Waals surface area contributed by atoms with Crippen LogP contribution in [0.4, 0.5) is 0 Å². The summed E-state index contributed by atoms with van der Waals surface area (Å²) in [6.07, 6.45) is 20.0. The van der Waals surface area contributed by atoms with Crippen molar-refractivity contribution in [2.24, 2.45) is 22.7 Å². The third-order valence-electron chi connectivity index (χ3n) is 7.71. The van der Waals surface area contributed by atoms with Gasteiger partial charge in [-0.25, -0.2) is 0 Å². The van der Waals surface area contributed by atoms with Gasteiger partial charge in [0.05, 0.1) is 11.8 Å². The van der Waals surface area contributed by atoms with Crippen LogP contribution in [-0.4, -0.2) is 11.9 Å². The van der Waals surface area contributed by atoms with Crippen LogP contribution < -0.4 is 0 Å². The molecule has 0 saturated carbocycles. The number of carbonyl (C=O) groups is 2. The van der Waals surface area contributed by atoms with Crippen LogP contribution in [0.25, 0.3) is 0 Å². The van der Waals surface area contributed by atoms with Crippen molar-refractivity contribution in [1.29, 1.82) is 0 Å². The van der Waals surface area contributed by atoms with Gasteiger partial charge in [-0.1, -0.05) is 105 Å². The predicted molar refractivity (Wildman–Crippen MR) is 142 cm³/mol. The maximum Gasteiger partial charge on any atom is 0.316 e. The van der Waals surface area contributed by atoms with Crippen molar-refractivity contribution in [1.82, 2.24) is 0 Å². The summed E-state index contributed by atoms with van der Waals surface area (Å²) < 4.78 is 5.39. The molecule has 192 valence electrons. The van der Waals surface area contributed by atoms with Gasteiger partial charge in [-0.05, 0) is 49.4 Å². The number of allylic oxidation sites excluding steroid dienone is 2. The van der Waals surface area contributed by atoms with E-state index in [0.717, 1.165) is 38.5 Å². The zero-order valence-corrected chi connectivity index (χ0v) is 22.8. The SMILES string of the molecule is C=CCCCCCCCC(C)(C)C(C)C(=O)OC(=O)C(C)C(C)(C)CCCCCCCC=C. The predicted octanol–water partition coefficient (Wildman–Crippen LogP) is 9.21. The molecule has 0 radical (unpaired) electrons. The lowest BCUT2D eigenvalue weighted by Gasteiger charge is -2.32. The Morgan fingerprint density at radius 2 is 0.939 bits per heavy atom. The van der Waals surface area contributed by atoms with Gasteiger partial charge in [-0.2, -0.15) is 0 Å². The van der Waals surface area contributed by atoms with E-state index in [9.17, 15) is 9.59 Å². The van der Waals surface area contributed by atoms with Gasteiger partial charge in [0, 0.05) is 0 Å². The smallest absolute Gasteiger partial charge is 0.316 e. The number of hydrogen-bond donors (Lipinski definition) is 0. The van der Waals surface area contributed by atoms with Crippen molar-refractivity contribution in [3.63, 3.8) is 0 Å². The molecule has 0 aromatic carbocycles. The second-order valence-electron chi connectivity index (χ2n) is 11.4. The maximum absolute atomic E-state index is 12.8. The van der Waals surface area contributed by atoms with E-state index in [-0.39, 0.29) is 34.6 Å². The van der Waals surface area contributed by atoms with Gasteiger partial charge in [0.25, 0.3) is 0 Å². The molecule has 0 aromatic rings. The minimum atomic E-state index is -0.374. The standard InChI is InChI=1S/C30H54O3/c1-9-11-13-15-17-19-21-23-29(5,6)25(3)27(31)33-28(32)26(4)30(7,8)24-22-20-18-16-14-12-10-2/h9-10,25-26H,1-2,11-24H2,3-8H3. The van der Waals surface area contributed by atoms with Crippen molar-refractivity contribution in [2.45, 2.75) is 131 Å². The normalized spacial score (nSPS) is 13.9. The first-order chi connectivity index (χ1) is 15.5. The lowest BCUT2D eigenvalue weighted by atomic mass is 9.75. The molecular weight excluding hydrogens is 408 g/mol. The van der Waals surface area contributed by atoms with Gasteiger partial charge in [0.15, 0.2) is 0 Å². The maximum atomic E-state index is 12.8. The molecular formula is C30H54O3. The number of esters is 2. The molecule has 33 heavy (non-hydrogen) atoms. The summed E-state index contributed by atoms with van der Waals surface area (Å²) in [7, 11) is 0. The summed E-state index contributed by atoms with van der Waals surface area (Å²) in [5, 5.41) is 0. The number of hydrogen-bond acceptors (Lipinski definition) is 3. The van der Waals surface area contributed by atoms with Crippen LogP contribution in [0.2, 0.25) is 0 Å². The quantitative estimate of drug-likeness (QED) is 0.0783. The number of rotatable bonds is 20. The van der Waals surface area contributed by atoms with Gasteiger partial charge in [0.2, 0.25) is 0 Å². The summed E-state index contributed by atoms with van der Waals surface area (Å²) in [6.45, 7) is 19.8. The van der Waals surface area contributed by atoms with Crippen molar-refractivity contribution >= 4 is 11.9 Å². The summed E-state index contributed by atoms with van der Waals surface area (Å²) >= 11 is 0. The number of ether oxygens (including phenoxy) is 1. The summed E-state index contributed by atoms with van der Waals surface area (Å²) in [5.74, 6) is -1.34. The van der Waals surface area contributed by atoms with E-state index >= 15 is 0 Å². The van der Waals surface area contributed by atoms with E-state index in [2.05, 4.69) is 40.9 Å². The average molecular weight is 463 g/mol. The van der Waals surface area contributed by atoms with E-state index in [1.807, 2.05) is 26.0 Å². The Balaban J connectivity index is 4.42. The third kappa shape index (κ3) is 13.8. The molecule has 0 aliphatic rings. The molecule has 3 heteroatoms. The van der Waals surface area contributed by atoms with E-state index in [1.165, 1.54) is 51.4 Å². The van der Waals surface area contributed by atoms with Crippen LogP contribution in [0.15, 0.2) is 25.3 Å². The molecule has 0 bridgehead atoms. The lowest BCUT2D eigenvalue weighted by molar-refractivity contribution is -0.169. The van der Waals surface area contributed by atoms with E-state index in [0.29, 0.717) is 0 Å². The van der Waals surface area contributed by atoms with E-state index in [4.69, 9.17) is 4.74 Å². The first-order valence-corrected chi connectivity index (χ1v) is 13.5. The molecule has 0 aliphatic carbocycles. The average Bonchev–Trinajstić information content (AvgIpc) is 2.76. The van der Waals surface area contributed by atoms with Gasteiger partial charge in [-0.3, -0.25) is 9.59 Å². The molecule has 0 rings (SSSR count). The Morgan fingerprint density at radius 1 is 0.636 bits per heavy atom. The monoisotopic (exact) mass is 462 g/mol. The highest BCUT2D eigenvalue weighted by Crippen LogP contribution is 2.36. The molecule has 0 aliphatic heterocycles. The highest BCUT2D eigenvalue weighted by molar-refractivity contribution is 5.88. The topological polar surface area (TPSA) is 43.4 Å². The zero-order valence-electron chi connectivity index (χ0n) is 22.8. The van der Waals surface area contributed by atoms with Gasteiger partial charge >= 0.3 is 11.9 Å². The lowest BCUT2D eigenvalue weighted by Crippen LogP contribution is -2.36.